The van der Waals surface area contributed by atoms with Crippen molar-refractivity contribution in [3.05, 3.63) is 70.7 Å². The molecule has 9 heteroatoms. The number of benzene rings is 2. The number of sulfonamides is 1. The number of nitrogens with zero attached hydrogens (tertiary/aromatic N) is 2. The first-order chi connectivity index (χ1) is 16.4. The average Bonchev–Trinajstić information content (AvgIpc) is 2.99. The average molecular weight is 484 g/mol. The van der Waals surface area contributed by atoms with Crippen LogP contribution in [0.25, 0.3) is 17.1 Å². The van der Waals surface area contributed by atoms with Gasteiger partial charge in [0.15, 0.2) is 0 Å². The second kappa shape index (κ2) is 10.8. The van der Waals surface area contributed by atoms with Crippen molar-refractivity contribution in [1.82, 2.24) is 13.9 Å². The first kappa shape index (κ1) is 24.0. The van der Waals surface area contributed by atoms with Crippen molar-refractivity contribution in [2.75, 3.05) is 19.7 Å². The number of aromatic amines is 1. The van der Waals surface area contributed by atoms with E-state index in [1.54, 1.807) is 39.2 Å². The molecule has 0 unspecified atom stereocenters. The van der Waals surface area contributed by atoms with E-state index in [9.17, 15) is 18.0 Å². The van der Waals surface area contributed by atoms with E-state index < -0.39 is 16.0 Å². The molecule has 1 aliphatic heterocycles. The van der Waals surface area contributed by atoms with Crippen LogP contribution < -0.4 is 5.69 Å². The molecule has 0 aliphatic carbocycles. The number of esters is 1. The molecule has 0 bridgehead atoms. The van der Waals surface area contributed by atoms with Crippen LogP contribution in [0.2, 0.25) is 0 Å². The van der Waals surface area contributed by atoms with Crippen LogP contribution in [0.1, 0.15) is 37.7 Å². The fourth-order valence-corrected chi connectivity index (χ4v) is 5.64. The molecule has 4 rings (SSSR count). The first-order valence-electron chi connectivity index (χ1n) is 11.6. The molecule has 2 aromatic carbocycles. The van der Waals surface area contributed by atoms with Crippen LogP contribution >= 0.6 is 0 Å². The summed E-state index contributed by atoms with van der Waals surface area (Å²) in [5.41, 5.74) is 2.11. The third-order valence-corrected chi connectivity index (χ3v) is 7.86. The van der Waals surface area contributed by atoms with Gasteiger partial charge in [-0.3, -0.25) is 4.57 Å². The van der Waals surface area contributed by atoms with Crippen molar-refractivity contribution in [2.45, 2.75) is 43.5 Å². The lowest BCUT2D eigenvalue weighted by Gasteiger charge is -2.19. The third kappa shape index (κ3) is 5.66. The number of imidazole rings is 1. The summed E-state index contributed by atoms with van der Waals surface area (Å²) in [7, 11) is -3.49. The Hall–Kier alpha value is -3.17. The number of ether oxygens (including phenoxy) is 1. The fourth-order valence-electron chi connectivity index (χ4n) is 4.12. The Balaban J connectivity index is 1.27. The first-order valence-corrected chi connectivity index (χ1v) is 13.0. The zero-order chi connectivity index (χ0) is 24.0. The van der Waals surface area contributed by atoms with E-state index >= 15 is 0 Å². The minimum Gasteiger partial charge on any atom is -0.462 e. The van der Waals surface area contributed by atoms with Crippen LogP contribution in [0.4, 0.5) is 0 Å². The summed E-state index contributed by atoms with van der Waals surface area (Å²) in [5.74, 6) is -0.493. The number of aryl methyl sites for hydroxylation is 1. The van der Waals surface area contributed by atoms with Crippen molar-refractivity contribution in [3.63, 3.8) is 0 Å². The zero-order valence-electron chi connectivity index (χ0n) is 19.0. The molecule has 8 nitrogen and oxygen atoms in total. The Kier molecular flexibility index (Phi) is 7.64. The van der Waals surface area contributed by atoms with Gasteiger partial charge in [0.05, 0.1) is 22.5 Å². The quantitative estimate of drug-likeness (QED) is 0.300. The van der Waals surface area contributed by atoms with Gasteiger partial charge in [-0.15, -0.1) is 0 Å². The molecule has 0 radical (unpaired) electrons. The molecule has 1 aliphatic rings. The lowest BCUT2D eigenvalue weighted by Crippen LogP contribution is -2.31. The van der Waals surface area contributed by atoms with Gasteiger partial charge >= 0.3 is 11.7 Å². The van der Waals surface area contributed by atoms with Gasteiger partial charge in [-0.05, 0) is 55.2 Å². The van der Waals surface area contributed by atoms with Crippen LogP contribution in [-0.2, 0) is 26.1 Å². The van der Waals surface area contributed by atoms with Crippen molar-refractivity contribution in [3.8, 4) is 0 Å². The third-order valence-electron chi connectivity index (χ3n) is 5.95. The summed E-state index contributed by atoms with van der Waals surface area (Å²) in [6, 6.07) is 13.9. The molecule has 1 N–H and O–H groups in total. The maximum atomic E-state index is 12.9. The number of fused-ring (bicyclic) bond motifs is 1. The zero-order valence-corrected chi connectivity index (χ0v) is 19.8. The van der Waals surface area contributed by atoms with Crippen LogP contribution in [-0.4, -0.2) is 47.9 Å². The van der Waals surface area contributed by atoms with E-state index in [1.165, 1.54) is 6.08 Å². The van der Waals surface area contributed by atoms with E-state index in [2.05, 4.69) is 4.98 Å². The predicted molar refractivity (Wildman–Crippen MR) is 131 cm³/mol. The Morgan fingerprint density at radius 1 is 1.00 bits per heavy atom. The van der Waals surface area contributed by atoms with Gasteiger partial charge in [0.2, 0.25) is 10.0 Å². The molecular formula is C25H29N3O5S. The van der Waals surface area contributed by atoms with Crippen LogP contribution in [0, 0.1) is 0 Å². The molecule has 0 spiro atoms. The summed E-state index contributed by atoms with van der Waals surface area (Å²) in [4.78, 5) is 27.2. The molecular weight excluding hydrogens is 454 g/mol. The Morgan fingerprint density at radius 3 is 2.44 bits per heavy atom. The minimum absolute atomic E-state index is 0.183. The number of carbonyl (C=O) groups is 1. The molecule has 2 heterocycles. The molecule has 1 aromatic heterocycles. The van der Waals surface area contributed by atoms with Crippen LogP contribution in [0.15, 0.2) is 64.3 Å². The summed E-state index contributed by atoms with van der Waals surface area (Å²) in [5, 5.41) is 0. The predicted octanol–water partition coefficient (Wildman–Crippen LogP) is 3.54. The number of hydrogen-bond donors (Lipinski definition) is 1. The summed E-state index contributed by atoms with van der Waals surface area (Å²) in [6.45, 7) is 1.74. The van der Waals surface area contributed by atoms with E-state index in [0.29, 0.717) is 31.6 Å². The van der Waals surface area contributed by atoms with E-state index in [-0.39, 0.29) is 17.2 Å². The highest BCUT2D eigenvalue weighted by atomic mass is 32.2. The van der Waals surface area contributed by atoms with Gasteiger partial charge in [0.1, 0.15) is 0 Å². The standard InChI is InChI=1S/C25H29N3O5S/c29-24(33-19-7-18-28-23-9-4-3-8-22(23)26-25(28)30)15-12-20-10-13-21(14-11-20)34(31,32)27-16-5-1-2-6-17-27/h3-4,8-15H,1-2,5-7,16-19H2,(H,26,30)/b15-12+. The molecule has 1 fully saturated rings. The number of hydrogen-bond acceptors (Lipinski definition) is 5. The summed E-state index contributed by atoms with van der Waals surface area (Å²) >= 11 is 0. The van der Waals surface area contributed by atoms with Crippen LogP contribution in [0.5, 0.6) is 0 Å². The second-order valence-electron chi connectivity index (χ2n) is 8.34. The van der Waals surface area contributed by atoms with Crippen LogP contribution in [0.3, 0.4) is 0 Å². The van der Waals surface area contributed by atoms with Gasteiger partial charge in [0, 0.05) is 25.7 Å². The van der Waals surface area contributed by atoms with Gasteiger partial charge < -0.3 is 9.72 Å². The minimum atomic E-state index is -3.49. The Bertz CT molecular complexity index is 1310. The smallest absolute Gasteiger partial charge is 0.330 e. The van der Waals surface area contributed by atoms with Crippen molar-refractivity contribution in [1.29, 1.82) is 0 Å². The highest BCUT2D eigenvalue weighted by molar-refractivity contribution is 7.89. The number of nitrogens with one attached hydrogen (secondary N) is 1. The van der Waals surface area contributed by atoms with Crippen molar-refractivity contribution in [2.24, 2.45) is 0 Å². The van der Waals surface area contributed by atoms with E-state index in [1.807, 2.05) is 24.3 Å². The molecule has 0 amide bonds. The molecule has 34 heavy (non-hydrogen) atoms. The summed E-state index contributed by atoms with van der Waals surface area (Å²) < 4.78 is 34.1. The molecule has 180 valence electrons. The summed E-state index contributed by atoms with van der Waals surface area (Å²) in [6.07, 6.45) is 7.32. The fraction of sp³-hybridized carbons (Fsp3) is 0.360. The largest absolute Gasteiger partial charge is 0.462 e. The van der Waals surface area contributed by atoms with Gasteiger partial charge in [0.25, 0.3) is 0 Å². The number of para-hydroxylation sites is 2. The number of carbonyl (C=O) groups excluding carboxylic acids is 1. The second-order valence-corrected chi connectivity index (χ2v) is 10.3. The number of H-pyrrole nitrogens is 1. The highest BCUT2D eigenvalue weighted by Crippen LogP contribution is 2.21. The number of rotatable bonds is 8. The highest BCUT2D eigenvalue weighted by Gasteiger charge is 2.24. The Labute approximate surface area is 198 Å². The normalized spacial score (nSPS) is 15.5. The Morgan fingerprint density at radius 2 is 1.71 bits per heavy atom. The topological polar surface area (TPSA) is 101 Å². The van der Waals surface area contributed by atoms with Crippen molar-refractivity contribution >= 4 is 33.1 Å². The molecule has 1 saturated heterocycles. The lowest BCUT2D eigenvalue weighted by molar-refractivity contribution is -0.137. The molecule has 3 aromatic rings. The maximum Gasteiger partial charge on any atom is 0.330 e. The van der Waals surface area contributed by atoms with Gasteiger partial charge in [-0.1, -0.05) is 37.1 Å². The lowest BCUT2D eigenvalue weighted by atomic mass is 10.2. The van der Waals surface area contributed by atoms with E-state index in [4.69, 9.17) is 4.74 Å². The number of aromatic nitrogens is 2. The maximum absolute atomic E-state index is 12.9. The monoisotopic (exact) mass is 483 g/mol. The molecule has 0 atom stereocenters. The SMILES string of the molecule is O=C(/C=C/c1ccc(S(=O)(=O)N2CCCCCC2)cc1)OCCCn1c(=O)[nH]c2ccccc21. The van der Waals surface area contributed by atoms with E-state index in [0.717, 1.165) is 36.7 Å². The van der Waals surface area contributed by atoms with Crippen molar-refractivity contribution < 1.29 is 17.9 Å². The van der Waals surface area contributed by atoms with Gasteiger partial charge in [-0.25, -0.2) is 18.0 Å². The van der Waals surface area contributed by atoms with Gasteiger partial charge in [-0.2, -0.15) is 4.31 Å². The molecule has 0 saturated carbocycles.